The molecule has 2 aromatic rings. The van der Waals surface area contributed by atoms with Crippen LogP contribution in [0.1, 0.15) is 67.8 Å². The van der Waals surface area contributed by atoms with Gasteiger partial charge >= 0.3 is 5.97 Å². The first kappa shape index (κ1) is 21.6. The first-order chi connectivity index (χ1) is 14.2. The fourth-order valence-corrected chi connectivity index (χ4v) is 3.84. The van der Waals surface area contributed by atoms with Gasteiger partial charge in [-0.15, -0.1) is 0 Å². The Labute approximate surface area is 177 Å². The Balaban J connectivity index is 1.66. The van der Waals surface area contributed by atoms with Crippen molar-refractivity contribution in [1.29, 1.82) is 0 Å². The standard InChI is InChI=1S/C23H29N3O4/c1-14(2)17-6-8-18(9-7-17)21(27)25-10-12-26(13-11-25)22(28)20-15(3)19(16(4)24-20)23(29)30-5/h6-9,14,24H,10-13H2,1-5H3. The number of carbonyl (C=O) groups excluding carboxylic acids is 3. The van der Waals surface area contributed by atoms with E-state index in [1.165, 1.54) is 12.7 Å². The number of aromatic nitrogens is 1. The number of rotatable bonds is 4. The minimum atomic E-state index is -0.459. The predicted octanol–water partition coefficient (Wildman–Crippen LogP) is 3.14. The summed E-state index contributed by atoms with van der Waals surface area (Å²) in [7, 11) is 1.32. The largest absolute Gasteiger partial charge is 0.465 e. The van der Waals surface area contributed by atoms with Crippen molar-refractivity contribution >= 4 is 17.8 Å². The number of esters is 1. The number of H-pyrrole nitrogens is 1. The highest BCUT2D eigenvalue weighted by Gasteiger charge is 2.29. The van der Waals surface area contributed by atoms with Crippen molar-refractivity contribution in [2.45, 2.75) is 33.6 Å². The van der Waals surface area contributed by atoms with Gasteiger partial charge in [-0.25, -0.2) is 4.79 Å². The van der Waals surface area contributed by atoms with Gasteiger partial charge in [-0.05, 0) is 43.0 Å². The van der Waals surface area contributed by atoms with Crippen LogP contribution in [0.15, 0.2) is 24.3 Å². The molecule has 0 atom stereocenters. The first-order valence-electron chi connectivity index (χ1n) is 10.2. The van der Waals surface area contributed by atoms with Gasteiger partial charge in [0.2, 0.25) is 0 Å². The molecule has 0 unspecified atom stereocenters. The zero-order valence-electron chi connectivity index (χ0n) is 18.2. The Hall–Kier alpha value is -3.09. The van der Waals surface area contributed by atoms with Gasteiger partial charge in [-0.1, -0.05) is 26.0 Å². The molecule has 1 fully saturated rings. The molecule has 1 aromatic heterocycles. The summed E-state index contributed by atoms with van der Waals surface area (Å²) < 4.78 is 4.81. The number of aryl methyl sites for hydroxylation is 1. The minimum Gasteiger partial charge on any atom is -0.465 e. The number of amides is 2. The van der Waals surface area contributed by atoms with E-state index in [9.17, 15) is 14.4 Å². The van der Waals surface area contributed by atoms with Crippen LogP contribution in [0.2, 0.25) is 0 Å². The fraction of sp³-hybridized carbons (Fsp3) is 0.435. The van der Waals surface area contributed by atoms with Gasteiger partial charge in [0.25, 0.3) is 11.8 Å². The summed E-state index contributed by atoms with van der Waals surface area (Å²) in [5, 5.41) is 0. The number of nitrogens with zero attached hydrogens (tertiary/aromatic N) is 2. The van der Waals surface area contributed by atoms with Crippen LogP contribution in [-0.2, 0) is 4.74 Å². The van der Waals surface area contributed by atoms with Crippen LogP contribution in [0, 0.1) is 13.8 Å². The predicted molar refractivity (Wildman–Crippen MR) is 114 cm³/mol. The van der Waals surface area contributed by atoms with E-state index in [2.05, 4.69) is 18.8 Å². The van der Waals surface area contributed by atoms with E-state index in [1.54, 1.807) is 23.6 Å². The topological polar surface area (TPSA) is 82.7 Å². The Morgan fingerprint density at radius 3 is 1.97 bits per heavy atom. The molecule has 7 heteroatoms. The molecule has 0 spiro atoms. The summed E-state index contributed by atoms with van der Waals surface area (Å²) in [5.74, 6) is -0.223. The van der Waals surface area contributed by atoms with E-state index in [1.807, 2.05) is 24.3 Å². The van der Waals surface area contributed by atoms with Gasteiger partial charge in [-0.3, -0.25) is 9.59 Å². The van der Waals surface area contributed by atoms with Crippen molar-refractivity contribution < 1.29 is 19.1 Å². The van der Waals surface area contributed by atoms with Gasteiger partial charge in [-0.2, -0.15) is 0 Å². The second-order valence-corrected chi connectivity index (χ2v) is 7.98. The van der Waals surface area contributed by atoms with Gasteiger partial charge in [0.15, 0.2) is 0 Å². The molecule has 0 bridgehead atoms. The number of nitrogens with one attached hydrogen (secondary N) is 1. The second-order valence-electron chi connectivity index (χ2n) is 7.98. The molecule has 1 aliphatic heterocycles. The number of hydrogen-bond acceptors (Lipinski definition) is 4. The summed E-state index contributed by atoms with van der Waals surface area (Å²) >= 11 is 0. The van der Waals surface area contributed by atoms with Crippen LogP contribution in [-0.4, -0.2) is 65.9 Å². The maximum Gasteiger partial charge on any atom is 0.339 e. The van der Waals surface area contributed by atoms with Crippen molar-refractivity contribution in [2.24, 2.45) is 0 Å². The van der Waals surface area contributed by atoms with Crippen LogP contribution in [0.3, 0.4) is 0 Å². The average molecular weight is 412 g/mol. The highest BCUT2D eigenvalue weighted by Crippen LogP contribution is 2.21. The third-order valence-electron chi connectivity index (χ3n) is 5.72. The van der Waals surface area contributed by atoms with Gasteiger partial charge < -0.3 is 19.5 Å². The van der Waals surface area contributed by atoms with Gasteiger partial charge in [0, 0.05) is 37.4 Å². The fourth-order valence-electron chi connectivity index (χ4n) is 3.84. The monoisotopic (exact) mass is 411 g/mol. The molecule has 2 amide bonds. The molecule has 1 N–H and O–H groups in total. The average Bonchev–Trinajstić information content (AvgIpc) is 3.06. The maximum atomic E-state index is 13.0. The lowest BCUT2D eigenvalue weighted by Crippen LogP contribution is -2.50. The summed E-state index contributed by atoms with van der Waals surface area (Å²) in [6, 6.07) is 7.73. The summed E-state index contributed by atoms with van der Waals surface area (Å²) in [5.41, 5.74) is 3.87. The van der Waals surface area contributed by atoms with E-state index in [0.717, 1.165) is 0 Å². The third kappa shape index (κ3) is 4.10. The normalized spacial score (nSPS) is 14.2. The van der Waals surface area contributed by atoms with E-state index in [0.29, 0.717) is 60.2 Å². The Morgan fingerprint density at radius 1 is 0.933 bits per heavy atom. The molecule has 30 heavy (non-hydrogen) atoms. The Bertz CT molecular complexity index is 952. The molecule has 0 saturated carbocycles. The molecule has 0 aliphatic carbocycles. The summed E-state index contributed by atoms with van der Waals surface area (Å²) in [6.45, 7) is 9.56. The van der Waals surface area contributed by atoms with Crippen LogP contribution in [0.5, 0.6) is 0 Å². The Morgan fingerprint density at radius 2 is 1.47 bits per heavy atom. The molecule has 160 valence electrons. The van der Waals surface area contributed by atoms with Crippen LogP contribution in [0.25, 0.3) is 0 Å². The lowest BCUT2D eigenvalue weighted by molar-refractivity contribution is 0.0532. The lowest BCUT2D eigenvalue weighted by Gasteiger charge is -2.34. The number of methoxy groups -OCH3 is 1. The smallest absolute Gasteiger partial charge is 0.339 e. The number of hydrogen-bond donors (Lipinski definition) is 1. The van der Waals surface area contributed by atoms with Gasteiger partial charge in [0.05, 0.1) is 12.7 Å². The summed E-state index contributed by atoms with van der Waals surface area (Å²) in [6.07, 6.45) is 0. The molecule has 1 saturated heterocycles. The number of aromatic amines is 1. The molecular weight excluding hydrogens is 382 g/mol. The van der Waals surface area contributed by atoms with Gasteiger partial charge in [0.1, 0.15) is 5.69 Å². The number of ether oxygens (including phenoxy) is 1. The zero-order valence-corrected chi connectivity index (χ0v) is 18.2. The lowest BCUT2D eigenvalue weighted by atomic mass is 10.0. The highest BCUT2D eigenvalue weighted by atomic mass is 16.5. The van der Waals surface area contributed by atoms with Crippen LogP contribution in [0.4, 0.5) is 0 Å². The minimum absolute atomic E-state index is 0.0164. The molecule has 2 heterocycles. The maximum absolute atomic E-state index is 13.0. The van der Waals surface area contributed by atoms with Crippen molar-refractivity contribution in [1.82, 2.24) is 14.8 Å². The Kier molecular flexibility index (Phi) is 6.29. The number of carbonyl (C=O) groups is 3. The molecule has 3 rings (SSSR count). The van der Waals surface area contributed by atoms with Crippen molar-refractivity contribution in [3.63, 3.8) is 0 Å². The third-order valence-corrected chi connectivity index (χ3v) is 5.72. The molecule has 1 aliphatic rings. The first-order valence-corrected chi connectivity index (χ1v) is 10.2. The summed E-state index contributed by atoms with van der Waals surface area (Å²) in [4.78, 5) is 44.3. The van der Waals surface area contributed by atoms with Crippen LogP contribution >= 0.6 is 0 Å². The number of benzene rings is 1. The molecule has 0 radical (unpaired) electrons. The highest BCUT2D eigenvalue weighted by molar-refractivity contribution is 6.00. The zero-order chi connectivity index (χ0) is 22.0. The van der Waals surface area contributed by atoms with E-state index in [4.69, 9.17) is 4.74 Å². The van der Waals surface area contributed by atoms with E-state index >= 15 is 0 Å². The van der Waals surface area contributed by atoms with Crippen LogP contribution < -0.4 is 0 Å². The van der Waals surface area contributed by atoms with E-state index in [-0.39, 0.29) is 11.8 Å². The van der Waals surface area contributed by atoms with Crippen molar-refractivity contribution in [3.05, 3.63) is 57.9 Å². The van der Waals surface area contributed by atoms with Crippen molar-refractivity contribution in [2.75, 3.05) is 33.3 Å². The second kappa shape index (κ2) is 8.73. The number of piperazine rings is 1. The SMILES string of the molecule is COC(=O)c1c(C)[nH]c(C(=O)N2CCN(C(=O)c3ccc(C(C)C)cc3)CC2)c1C. The molecule has 7 nitrogen and oxygen atoms in total. The molecular formula is C23H29N3O4. The molecule has 1 aromatic carbocycles. The van der Waals surface area contributed by atoms with E-state index < -0.39 is 5.97 Å². The van der Waals surface area contributed by atoms with Crippen molar-refractivity contribution in [3.8, 4) is 0 Å². The quantitative estimate of drug-likeness (QED) is 0.784.